The third-order valence-electron chi connectivity index (χ3n) is 17.6. The van der Waals surface area contributed by atoms with Crippen LogP contribution in [0, 0.1) is 0 Å². The molecule has 1 saturated carbocycles. The molecular formula is C65H115N9O29. The van der Waals surface area contributed by atoms with E-state index in [1.54, 1.807) is 7.11 Å². The van der Waals surface area contributed by atoms with Gasteiger partial charge in [0.2, 0.25) is 47.3 Å². The Hall–Kier alpha value is -5.41. The third kappa shape index (κ3) is 33.5. The first-order valence-corrected chi connectivity index (χ1v) is 35.5. The minimum absolute atomic E-state index is 0.0155. The molecule has 0 aromatic rings. The monoisotopic (exact) mass is 1490 g/mol. The largest absolute Gasteiger partial charge is 0.394 e. The lowest BCUT2D eigenvalue weighted by Crippen LogP contribution is -2.64. The number of Topliss-reactive ketones (excluding diaryl/α,β-unsaturated/α-hetero) is 1. The van der Waals surface area contributed by atoms with Crippen molar-refractivity contribution in [2.75, 3.05) is 113 Å². The third-order valence-corrected chi connectivity index (χ3v) is 17.6. The summed E-state index contributed by atoms with van der Waals surface area (Å²) in [5.74, 6) is -4.48. The number of unbranched alkanes of at least 4 members (excludes halogenated alkanes) is 7. The number of rotatable bonds is 52. The molecule has 0 aromatic carbocycles. The van der Waals surface area contributed by atoms with Crippen molar-refractivity contribution in [2.24, 2.45) is 0 Å². The van der Waals surface area contributed by atoms with Gasteiger partial charge in [-0.3, -0.25) is 48.5 Å². The lowest BCUT2D eigenvalue weighted by atomic mass is 9.97. The highest BCUT2D eigenvalue weighted by Crippen LogP contribution is 2.26. The first-order valence-electron chi connectivity index (χ1n) is 35.5. The van der Waals surface area contributed by atoms with Gasteiger partial charge in [0.15, 0.2) is 18.9 Å². The number of ketones is 1. The molecule has 8 amide bonds. The summed E-state index contributed by atoms with van der Waals surface area (Å²) in [6.07, 6.45) is -10.0. The van der Waals surface area contributed by atoms with Gasteiger partial charge in [0.1, 0.15) is 84.9 Å². The van der Waals surface area contributed by atoms with Gasteiger partial charge in [-0.1, -0.05) is 38.5 Å². The van der Waals surface area contributed by atoms with Gasteiger partial charge in [-0.2, -0.15) is 0 Å². The summed E-state index contributed by atoms with van der Waals surface area (Å²) >= 11 is 0. The first-order chi connectivity index (χ1) is 49.3. The van der Waals surface area contributed by atoms with Crippen LogP contribution < -0.4 is 47.9 Å². The average Bonchev–Trinajstić information content (AvgIpc) is 1.41. The van der Waals surface area contributed by atoms with Crippen molar-refractivity contribution in [1.82, 2.24) is 47.9 Å². The Labute approximate surface area is 599 Å². The van der Waals surface area contributed by atoms with Crippen LogP contribution in [0.25, 0.3) is 0 Å². The van der Waals surface area contributed by atoms with Gasteiger partial charge in [-0.15, -0.1) is 0 Å². The molecule has 0 aromatic heterocycles. The van der Waals surface area contributed by atoms with E-state index in [0.29, 0.717) is 25.7 Å². The molecule has 3 aliphatic heterocycles. The van der Waals surface area contributed by atoms with E-state index in [9.17, 15) is 94.2 Å². The molecule has 1 aliphatic carbocycles. The van der Waals surface area contributed by atoms with E-state index in [-0.39, 0.29) is 142 Å². The van der Waals surface area contributed by atoms with E-state index in [1.807, 2.05) is 0 Å². The van der Waals surface area contributed by atoms with Crippen LogP contribution >= 0.6 is 0 Å². The molecule has 3 saturated heterocycles. The van der Waals surface area contributed by atoms with Crippen LogP contribution in [-0.4, -0.2) is 339 Å². The number of hydrogen-bond donors (Lipinski definition) is 19. The highest BCUT2D eigenvalue weighted by molar-refractivity contribution is 5.89. The molecule has 4 fully saturated rings. The van der Waals surface area contributed by atoms with Crippen molar-refractivity contribution in [3.63, 3.8) is 0 Å². The number of carbonyl (C=O) groups excluding carboxylic acids is 9. The SMILES string of the molecule is COC1CC(O)C(NC(=O)CCCCCCCCCCC(=O)CNC(CCC(=O)NC(CCC(=O)NCCOCCOC2OC(CO)C(O)C(O)C2NC(C)=O)C(=O)NCCOCCOC2OC(CO)C(O)C(O)C2NC(C)=O)C(=O)NCCOCCOC2OC(CO)C(O)C(O)C2NC(C)=O)C1. The van der Waals surface area contributed by atoms with Crippen LogP contribution in [0.5, 0.6) is 0 Å². The standard InChI is InChI=1S/C65H115N9O29/c1-37(78)70-52-58(89)55(86)46(34-75)101-63(52)98-28-25-95-22-19-66-49(83)17-16-43(62(93)68-21-24-97-27-30-100-65-54(72-39(3)80)60(91)57(88)48(36-77)103-65)73-51(85)18-15-42(61(92)67-20-23-96-26-29-99-64-53(71-38(2)79)59(90)56(87)47(35-76)102-64)69-33-40(81)13-11-9-7-5-6-8-10-12-14-50(84)74-44-31-41(94-4)32-45(44)82/h41-48,52-60,63-65,69,75-77,82,86-91H,5-36H2,1-4H3,(H,66,83)(H,67,92)(H,68,93)(H,70,78)(H,71,79)(H,72,80)(H,73,85)(H,74,84). The zero-order valence-corrected chi connectivity index (χ0v) is 59.4. The maximum Gasteiger partial charge on any atom is 0.242 e. The molecule has 20 unspecified atom stereocenters. The number of aliphatic hydroxyl groups excluding tert-OH is 10. The Morgan fingerprint density at radius 3 is 1.22 bits per heavy atom. The summed E-state index contributed by atoms with van der Waals surface area (Å²) in [6, 6.07) is -6.29. The van der Waals surface area contributed by atoms with Crippen LogP contribution in [0.2, 0.25) is 0 Å². The van der Waals surface area contributed by atoms with Crippen molar-refractivity contribution >= 4 is 53.0 Å². The van der Waals surface area contributed by atoms with E-state index in [4.69, 9.17) is 47.4 Å². The van der Waals surface area contributed by atoms with Gasteiger partial charge >= 0.3 is 0 Å². The first kappa shape index (κ1) is 90.0. The van der Waals surface area contributed by atoms with Crippen molar-refractivity contribution in [1.29, 1.82) is 0 Å². The second-order valence-corrected chi connectivity index (χ2v) is 25.7. The molecule has 38 heteroatoms. The van der Waals surface area contributed by atoms with Crippen LogP contribution in [0.3, 0.4) is 0 Å². The summed E-state index contributed by atoms with van der Waals surface area (Å²) < 4.78 is 55.7. The van der Waals surface area contributed by atoms with Gasteiger partial charge in [-0.25, -0.2) is 0 Å². The van der Waals surface area contributed by atoms with Gasteiger partial charge in [0.25, 0.3) is 0 Å². The highest BCUT2D eigenvalue weighted by Gasteiger charge is 2.48. The Kier molecular flexibility index (Phi) is 43.9. The zero-order chi connectivity index (χ0) is 75.8. The summed E-state index contributed by atoms with van der Waals surface area (Å²) in [5, 5.41) is 126. The lowest BCUT2D eigenvalue weighted by Gasteiger charge is -2.42. The molecule has 4 aliphatic rings. The Balaban J connectivity index is 1.32. The summed E-state index contributed by atoms with van der Waals surface area (Å²) in [7, 11) is 1.59. The van der Waals surface area contributed by atoms with E-state index in [0.717, 1.165) is 44.9 Å². The number of carbonyl (C=O) groups is 9. The molecule has 38 nitrogen and oxygen atoms in total. The summed E-state index contributed by atoms with van der Waals surface area (Å²) in [4.78, 5) is 116. The van der Waals surface area contributed by atoms with Crippen LogP contribution in [0.15, 0.2) is 0 Å². The number of ether oxygens (including phenoxy) is 10. The second-order valence-electron chi connectivity index (χ2n) is 25.7. The number of methoxy groups -OCH3 is 1. The molecule has 0 radical (unpaired) electrons. The van der Waals surface area contributed by atoms with Gasteiger partial charge < -0.3 is 141 Å². The Morgan fingerprint density at radius 1 is 0.427 bits per heavy atom. The van der Waals surface area contributed by atoms with Crippen molar-refractivity contribution in [3.8, 4) is 0 Å². The molecule has 594 valence electrons. The summed E-state index contributed by atoms with van der Waals surface area (Å²) in [6.45, 7) is 0.345. The minimum Gasteiger partial charge on any atom is -0.394 e. The number of amides is 8. The highest BCUT2D eigenvalue weighted by atomic mass is 16.7. The lowest BCUT2D eigenvalue weighted by molar-refractivity contribution is -0.272. The fourth-order valence-electron chi connectivity index (χ4n) is 11.9. The number of aliphatic hydroxyl groups is 10. The summed E-state index contributed by atoms with van der Waals surface area (Å²) in [5.41, 5.74) is 0. The fraction of sp³-hybridized carbons (Fsp3) is 0.862. The molecule has 19 N–H and O–H groups in total. The zero-order valence-electron chi connectivity index (χ0n) is 59.4. The molecular weight excluding hydrogens is 1370 g/mol. The Bertz CT molecular complexity index is 2520. The van der Waals surface area contributed by atoms with Gasteiger partial charge in [0.05, 0.1) is 110 Å². The maximum atomic E-state index is 13.8. The van der Waals surface area contributed by atoms with Gasteiger partial charge in [0, 0.05) is 79.6 Å². The predicted octanol–water partition coefficient (Wildman–Crippen LogP) is -7.61. The van der Waals surface area contributed by atoms with Gasteiger partial charge in [-0.05, 0) is 32.1 Å². The molecule has 4 rings (SSSR count). The average molecular weight is 1490 g/mol. The molecule has 0 bridgehead atoms. The number of hydrogen-bond acceptors (Lipinski definition) is 30. The minimum atomic E-state index is -1.54. The van der Waals surface area contributed by atoms with E-state index in [2.05, 4.69) is 47.9 Å². The maximum absolute atomic E-state index is 13.8. The molecule has 0 spiro atoms. The van der Waals surface area contributed by atoms with E-state index < -0.39 is 171 Å². The smallest absolute Gasteiger partial charge is 0.242 e. The topological polar surface area (TPSA) is 556 Å². The Morgan fingerprint density at radius 2 is 0.816 bits per heavy atom. The van der Waals surface area contributed by atoms with Crippen molar-refractivity contribution < 1.29 is 142 Å². The van der Waals surface area contributed by atoms with Crippen molar-refractivity contribution in [2.45, 2.75) is 246 Å². The van der Waals surface area contributed by atoms with Crippen LogP contribution in [0.1, 0.15) is 124 Å². The molecule has 20 atom stereocenters. The molecule has 103 heavy (non-hydrogen) atoms. The van der Waals surface area contributed by atoms with Crippen LogP contribution in [0.4, 0.5) is 0 Å². The fourth-order valence-corrected chi connectivity index (χ4v) is 11.9. The van der Waals surface area contributed by atoms with Crippen LogP contribution in [-0.2, 0) is 90.5 Å². The van der Waals surface area contributed by atoms with E-state index >= 15 is 0 Å². The predicted molar refractivity (Wildman–Crippen MR) is 357 cm³/mol. The van der Waals surface area contributed by atoms with Crippen molar-refractivity contribution in [3.05, 3.63) is 0 Å². The normalized spacial score (nSPS) is 28.3. The quantitative estimate of drug-likeness (QED) is 0.0252. The van der Waals surface area contributed by atoms with E-state index in [1.165, 1.54) is 20.8 Å². The molecule has 3 heterocycles. The number of nitrogens with one attached hydrogen (secondary N) is 9. The second kappa shape index (κ2) is 50.2.